The van der Waals surface area contributed by atoms with Crippen LogP contribution in [-0.2, 0) is 4.79 Å². The summed E-state index contributed by atoms with van der Waals surface area (Å²) in [5, 5.41) is 2.58. The average molecular weight is 305 g/mol. The molecule has 0 unspecified atom stereocenters. The molecule has 1 saturated carbocycles. The van der Waals surface area contributed by atoms with Crippen LogP contribution in [0.3, 0.4) is 0 Å². The van der Waals surface area contributed by atoms with Crippen LogP contribution in [0.4, 0.5) is 18.9 Å². The number of ether oxygens (including phenoxy) is 1. The van der Waals surface area contributed by atoms with Crippen molar-refractivity contribution in [2.75, 3.05) is 11.1 Å². The molecule has 3 nitrogen and oxygen atoms in total. The molecule has 7 heteroatoms. The maximum Gasteiger partial charge on any atom is 0.573 e. The quantitative estimate of drug-likeness (QED) is 0.815. The van der Waals surface area contributed by atoms with Gasteiger partial charge in [0.15, 0.2) is 0 Å². The zero-order chi connectivity index (χ0) is 14.8. The molecule has 1 fully saturated rings. The van der Waals surface area contributed by atoms with Crippen molar-refractivity contribution >= 4 is 24.2 Å². The van der Waals surface area contributed by atoms with Crippen LogP contribution in [0.25, 0.3) is 0 Å². The molecular weight excluding hydrogens is 291 g/mol. The highest BCUT2D eigenvalue weighted by Crippen LogP contribution is 2.49. The largest absolute Gasteiger partial charge is 0.573 e. The number of anilines is 1. The van der Waals surface area contributed by atoms with Crippen molar-refractivity contribution in [1.82, 2.24) is 0 Å². The van der Waals surface area contributed by atoms with Crippen LogP contribution in [0, 0.1) is 5.41 Å². The molecule has 110 valence electrons. The topological polar surface area (TPSA) is 38.3 Å². The maximum absolute atomic E-state index is 12.1. The molecular formula is C13H14F3NO2S. The minimum Gasteiger partial charge on any atom is -0.406 e. The molecule has 0 aromatic heterocycles. The number of nitrogens with one attached hydrogen (secondary N) is 1. The molecule has 0 heterocycles. The molecule has 1 aromatic rings. The summed E-state index contributed by atoms with van der Waals surface area (Å²) in [6.07, 6.45) is -2.49. The number of thiol groups is 1. The summed E-state index contributed by atoms with van der Waals surface area (Å²) in [6, 6.07) is 5.23. The number of hydrogen-bond donors (Lipinski definition) is 2. The number of rotatable bonds is 5. The minimum atomic E-state index is -4.74. The number of amides is 1. The second-order valence-corrected chi connectivity index (χ2v) is 5.27. The lowest BCUT2D eigenvalue weighted by molar-refractivity contribution is -0.274. The van der Waals surface area contributed by atoms with Gasteiger partial charge in [0.2, 0.25) is 5.91 Å². The Morgan fingerprint density at radius 1 is 1.40 bits per heavy atom. The van der Waals surface area contributed by atoms with Crippen molar-refractivity contribution in [1.29, 1.82) is 0 Å². The molecule has 0 bridgehead atoms. The molecule has 2 rings (SSSR count). The third kappa shape index (κ3) is 4.33. The monoisotopic (exact) mass is 305 g/mol. The standard InChI is InChI=1S/C13H14F3NO2S/c14-13(15,16)19-10-3-1-2-9(6-10)17-11(18)7-12(8-20)4-5-12/h1-3,6,20H,4-5,7-8H2,(H,17,18). The van der Waals surface area contributed by atoms with Gasteiger partial charge in [0.25, 0.3) is 0 Å². The summed E-state index contributed by atoms with van der Waals surface area (Å²) in [5.41, 5.74) is 0.250. The third-order valence-electron chi connectivity index (χ3n) is 3.18. The number of carbonyl (C=O) groups is 1. The van der Waals surface area contributed by atoms with E-state index in [0.29, 0.717) is 12.2 Å². The van der Waals surface area contributed by atoms with Crippen molar-refractivity contribution in [3.8, 4) is 5.75 Å². The Hall–Kier alpha value is -1.37. The fourth-order valence-electron chi connectivity index (χ4n) is 1.88. The molecule has 0 saturated heterocycles. The van der Waals surface area contributed by atoms with Gasteiger partial charge in [0.1, 0.15) is 5.75 Å². The van der Waals surface area contributed by atoms with Crippen LogP contribution in [-0.4, -0.2) is 18.0 Å². The van der Waals surface area contributed by atoms with Crippen molar-refractivity contribution in [2.45, 2.75) is 25.6 Å². The molecule has 20 heavy (non-hydrogen) atoms. The first kappa shape index (κ1) is 15.0. The van der Waals surface area contributed by atoms with Gasteiger partial charge in [-0.25, -0.2) is 0 Å². The van der Waals surface area contributed by atoms with Gasteiger partial charge in [-0.05, 0) is 36.1 Å². The summed E-state index contributed by atoms with van der Waals surface area (Å²) in [4.78, 5) is 11.8. The van der Waals surface area contributed by atoms with E-state index in [1.54, 1.807) is 0 Å². The van der Waals surface area contributed by atoms with Gasteiger partial charge >= 0.3 is 6.36 Å². The maximum atomic E-state index is 12.1. The van der Waals surface area contributed by atoms with Crippen LogP contribution in [0.5, 0.6) is 5.75 Å². The SMILES string of the molecule is O=C(CC1(CS)CC1)Nc1cccc(OC(F)(F)F)c1. The van der Waals surface area contributed by atoms with Gasteiger partial charge in [0, 0.05) is 18.2 Å². The predicted molar refractivity (Wildman–Crippen MR) is 71.9 cm³/mol. The van der Waals surface area contributed by atoms with E-state index < -0.39 is 6.36 Å². The molecule has 1 amide bonds. The van der Waals surface area contributed by atoms with E-state index in [1.807, 2.05) is 0 Å². The lowest BCUT2D eigenvalue weighted by Gasteiger charge is -2.13. The first-order valence-corrected chi connectivity index (χ1v) is 6.72. The third-order valence-corrected chi connectivity index (χ3v) is 3.85. The molecule has 0 atom stereocenters. The van der Waals surface area contributed by atoms with Gasteiger partial charge in [-0.2, -0.15) is 12.6 Å². The average Bonchev–Trinajstić information content (AvgIpc) is 3.07. The van der Waals surface area contributed by atoms with E-state index in [4.69, 9.17) is 0 Å². The summed E-state index contributed by atoms with van der Waals surface area (Å²) in [6.45, 7) is 0. The molecule has 1 aliphatic carbocycles. The highest BCUT2D eigenvalue weighted by Gasteiger charge is 2.42. The fraction of sp³-hybridized carbons (Fsp3) is 0.462. The second-order valence-electron chi connectivity index (χ2n) is 4.96. The minimum absolute atomic E-state index is 0.0344. The first-order chi connectivity index (χ1) is 9.32. The fourth-order valence-corrected chi connectivity index (χ4v) is 2.31. The van der Waals surface area contributed by atoms with E-state index in [0.717, 1.165) is 18.9 Å². The van der Waals surface area contributed by atoms with Crippen molar-refractivity contribution in [3.05, 3.63) is 24.3 Å². The van der Waals surface area contributed by atoms with Crippen LogP contribution < -0.4 is 10.1 Å². The lowest BCUT2D eigenvalue weighted by Crippen LogP contribution is -2.19. The Labute approximate surface area is 119 Å². The summed E-state index contributed by atoms with van der Waals surface area (Å²) >= 11 is 4.20. The highest BCUT2D eigenvalue weighted by atomic mass is 32.1. The Bertz CT molecular complexity index is 501. The van der Waals surface area contributed by atoms with Crippen LogP contribution in [0.2, 0.25) is 0 Å². The number of alkyl halides is 3. The van der Waals surface area contributed by atoms with Gasteiger partial charge in [0.05, 0.1) is 0 Å². The number of benzene rings is 1. The van der Waals surface area contributed by atoms with Crippen molar-refractivity contribution in [2.24, 2.45) is 5.41 Å². The molecule has 0 aliphatic heterocycles. The first-order valence-electron chi connectivity index (χ1n) is 6.08. The zero-order valence-electron chi connectivity index (χ0n) is 10.5. The van der Waals surface area contributed by atoms with Gasteiger partial charge in [-0.15, -0.1) is 13.2 Å². The molecule has 0 spiro atoms. The Morgan fingerprint density at radius 3 is 2.65 bits per heavy atom. The van der Waals surface area contributed by atoms with Crippen molar-refractivity contribution in [3.63, 3.8) is 0 Å². The van der Waals surface area contributed by atoms with Gasteiger partial charge < -0.3 is 10.1 Å². The summed E-state index contributed by atoms with van der Waals surface area (Å²) in [7, 11) is 0. The van der Waals surface area contributed by atoms with E-state index in [1.165, 1.54) is 18.2 Å². The van der Waals surface area contributed by atoms with E-state index in [-0.39, 0.29) is 22.8 Å². The molecule has 1 N–H and O–H groups in total. The normalized spacial score (nSPS) is 16.6. The van der Waals surface area contributed by atoms with E-state index >= 15 is 0 Å². The lowest BCUT2D eigenvalue weighted by atomic mass is 10.1. The predicted octanol–water partition coefficient (Wildman–Crippen LogP) is 3.62. The smallest absolute Gasteiger partial charge is 0.406 e. The number of hydrogen-bond acceptors (Lipinski definition) is 3. The van der Waals surface area contributed by atoms with E-state index in [2.05, 4.69) is 22.7 Å². The molecule has 1 aromatic carbocycles. The van der Waals surface area contributed by atoms with Gasteiger partial charge in [-0.1, -0.05) is 6.07 Å². The van der Waals surface area contributed by atoms with Gasteiger partial charge in [-0.3, -0.25) is 4.79 Å². The Morgan fingerprint density at radius 2 is 2.10 bits per heavy atom. The van der Waals surface area contributed by atoms with Crippen LogP contribution in [0.1, 0.15) is 19.3 Å². The summed E-state index contributed by atoms with van der Waals surface area (Å²) < 4.78 is 40.1. The second kappa shape index (κ2) is 5.55. The van der Waals surface area contributed by atoms with Crippen molar-refractivity contribution < 1.29 is 22.7 Å². The highest BCUT2D eigenvalue weighted by molar-refractivity contribution is 7.80. The molecule has 1 aliphatic rings. The zero-order valence-corrected chi connectivity index (χ0v) is 11.4. The Kier molecular flexibility index (Phi) is 4.17. The number of halogens is 3. The van der Waals surface area contributed by atoms with Crippen LogP contribution >= 0.6 is 12.6 Å². The summed E-state index contributed by atoms with van der Waals surface area (Å²) in [5.74, 6) is 0.0591. The van der Waals surface area contributed by atoms with E-state index in [9.17, 15) is 18.0 Å². The molecule has 0 radical (unpaired) electrons. The number of carbonyl (C=O) groups excluding carboxylic acids is 1. The Balaban J connectivity index is 1.95. The van der Waals surface area contributed by atoms with Crippen LogP contribution in [0.15, 0.2) is 24.3 Å².